The second-order valence-electron chi connectivity index (χ2n) is 4.77. The van der Waals surface area contributed by atoms with E-state index in [2.05, 4.69) is 21.2 Å². The first kappa shape index (κ1) is 18.8. The number of ether oxygens (including phenoxy) is 1. The van der Waals surface area contributed by atoms with Gasteiger partial charge in [0.25, 0.3) is 5.91 Å². The summed E-state index contributed by atoms with van der Waals surface area (Å²) < 4.78 is 6.19. The maximum atomic E-state index is 11.6. The largest absolute Gasteiger partial charge is 0.482 e. The summed E-state index contributed by atoms with van der Waals surface area (Å²) in [6.45, 7) is 0.476. The predicted octanol–water partition coefficient (Wildman–Crippen LogP) is 3.63. The van der Waals surface area contributed by atoms with Crippen molar-refractivity contribution >= 4 is 39.4 Å². The highest BCUT2D eigenvalue weighted by molar-refractivity contribution is 9.10. The zero-order chi connectivity index (χ0) is 16.4. The number of hydrogen-bond donors (Lipinski definition) is 2. The van der Waals surface area contributed by atoms with Crippen molar-refractivity contribution in [3.63, 3.8) is 0 Å². The molecule has 0 aliphatic heterocycles. The van der Waals surface area contributed by atoms with Crippen LogP contribution in [0.1, 0.15) is 32.1 Å². The van der Waals surface area contributed by atoms with Crippen LogP contribution in [0, 0.1) is 0 Å². The number of unbranched alkanes of at least 4 members (excludes halogenated alkanes) is 3. The van der Waals surface area contributed by atoms with Crippen molar-refractivity contribution in [3.05, 3.63) is 27.7 Å². The van der Waals surface area contributed by atoms with E-state index >= 15 is 0 Å². The fraction of sp³-hybridized carbons (Fsp3) is 0.467. The molecule has 0 atom stereocenters. The Hall–Kier alpha value is -1.27. The fourth-order valence-electron chi connectivity index (χ4n) is 1.77. The van der Waals surface area contributed by atoms with Crippen LogP contribution >= 0.6 is 27.5 Å². The van der Waals surface area contributed by atoms with Gasteiger partial charge in [0.2, 0.25) is 0 Å². The summed E-state index contributed by atoms with van der Waals surface area (Å²) in [5.74, 6) is -0.504. The third-order valence-electron chi connectivity index (χ3n) is 2.89. The maximum absolute atomic E-state index is 11.6. The number of rotatable bonds is 10. The Morgan fingerprint density at radius 3 is 2.64 bits per heavy atom. The second-order valence-corrected chi connectivity index (χ2v) is 6.09. The first-order chi connectivity index (χ1) is 10.5. The molecule has 122 valence electrons. The Balaban J connectivity index is 2.10. The lowest BCUT2D eigenvalue weighted by Gasteiger charge is -2.09. The molecule has 0 aliphatic carbocycles. The van der Waals surface area contributed by atoms with E-state index < -0.39 is 5.97 Å². The van der Waals surface area contributed by atoms with Gasteiger partial charge in [-0.15, -0.1) is 0 Å². The van der Waals surface area contributed by atoms with Gasteiger partial charge in [0.1, 0.15) is 5.75 Å². The summed E-state index contributed by atoms with van der Waals surface area (Å²) in [6.07, 6.45) is 3.45. The maximum Gasteiger partial charge on any atom is 0.303 e. The van der Waals surface area contributed by atoms with E-state index in [0.717, 1.165) is 23.7 Å². The SMILES string of the molecule is O=C(O)CCCCCCNC(=O)COc1ccc(Br)cc1Cl. The number of aliphatic carboxylic acids is 1. The van der Waals surface area contributed by atoms with Crippen molar-refractivity contribution in [1.82, 2.24) is 5.32 Å². The molecule has 2 N–H and O–H groups in total. The number of amides is 1. The van der Waals surface area contributed by atoms with Crippen LogP contribution in [0.2, 0.25) is 5.02 Å². The molecule has 0 fully saturated rings. The zero-order valence-electron chi connectivity index (χ0n) is 12.1. The normalized spacial score (nSPS) is 10.3. The summed E-state index contributed by atoms with van der Waals surface area (Å²) >= 11 is 9.27. The molecule has 0 unspecified atom stereocenters. The molecule has 0 heterocycles. The standard InChI is InChI=1S/C15H19BrClNO4/c16-11-6-7-13(12(17)9-11)22-10-14(19)18-8-4-2-1-3-5-15(20)21/h6-7,9H,1-5,8,10H2,(H,18,19)(H,20,21). The van der Waals surface area contributed by atoms with E-state index in [1.807, 2.05) is 0 Å². The molecule has 22 heavy (non-hydrogen) atoms. The topological polar surface area (TPSA) is 75.6 Å². The van der Waals surface area contributed by atoms with Gasteiger partial charge in [-0.2, -0.15) is 0 Å². The fourth-order valence-corrected chi connectivity index (χ4v) is 2.50. The van der Waals surface area contributed by atoms with Crippen LogP contribution in [0.5, 0.6) is 5.75 Å². The minimum atomic E-state index is -0.767. The first-order valence-electron chi connectivity index (χ1n) is 7.05. The molecular weight excluding hydrogens is 374 g/mol. The number of carbonyl (C=O) groups excluding carboxylic acids is 1. The van der Waals surface area contributed by atoms with Gasteiger partial charge in [-0.3, -0.25) is 9.59 Å². The third kappa shape index (κ3) is 8.24. The van der Waals surface area contributed by atoms with Crippen molar-refractivity contribution in [3.8, 4) is 5.75 Å². The molecule has 0 saturated carbocycles. The van der Waals surface area contributed by atoms with Crippen LogP contribution in [-0.4, -0.2) is 30.1 Å². The molecule has 7 heteroatoms. The van der Waals surface area contributed by atoms with E-state index in [1.54, 1.807) is 18.2 Å². The molecule has 0 saturated heterocycles. The molecule has 1 rings (SSSR count). The molecular formula is C15H19BrClNO4. The van der Waals surface area contributed by atoms with Crippen LogP contribution in [0.25, 0.3) is 0 Å². The number of carboxylic acids is 1. The van der Waals surface area contributed by atoms with Crippen molar-refractivity contribution in [2.24, 2.45) is 0 Å². The van der Waals surface area contributed by atoms with Crippen LogP contribution in [0.3, 0.4) is 0 Å². The summed E-state index contributed by atoms with van der Waals surface area (Å²) in [4.78, 5) is 21.9. The number of carboxylic acid groups (broad SMARTS) is 1. The van der Waals surface area contributed by atoms with Crippen molar-refractivity contribution in [2.75, 3.05) is 13.2 Å². The molecule has 1 aromatic carbocycles. The average molecular weight is 393 g/mol. The number of halogens is 2. The third-order valence-corrected chi connectivity index (χ3v) is 3.68. The summed E-state index contributed by atoms with van der Waals surface area (Å²) in [5.41, 5.74) is 0. The minimum absolute atomic E-state index is 0.0830. The predicted molar refractivity (Wildman–Crippen MR) is 88.4 cm³/mol. The highest BCUT2D eigenvalue weighted by Gasteiger charge is 2.06. The smallest absolute Gasteiger partial charge is 0.303 e. The summed E-state index contributed by atoms with van der Waals surface area (Å²) in [6, 6.07) is 5.18. The first-order valence-corrected chi connectivity index (χ1v) is 8.22. The van der Waals surface area contributed by atoms with Crippen LogP contribution in [0.15, 0.2) is 22.7 Å². The Labute approximate surface area is 143 Å². The van der Waals surface area contributed by atoms with Crippen LogP contribution < -0.4 is 10.1 Å². The molecule has 1 aromatic rings. The highest BCUT2D eigenvalue weighted by atomic mass is 79.9. The highest BCUT2D eigenvalue weighted by Crippen LogP contribution is 2.27. The van der Waals surface area contributed by atoms with E-state index in [9.17, 15) is 9.59 Å². The second kappa shape index (κ2) is 10.5. The minimum Gasteiger partial charge on any atom is -0.482 e. The summed E-state index contributed by atoms with van der Waals surface area (Å²) in [5, 5.41) is 11.7. The lowest BCUT2D eigenvalue weighted by molar-refractivity contribution is -0.137. The van der Waals surface area contributed by atoms with Gasteiger partial charge in [0.05, 0.1) is 5.02 Å². The van der Waals surface area contributed by atoms with Gasteiger partial charge in [-0.05, 0) is 31.0 Å². The van der Waals surface area contributed by atoms with Gasteiger partial charge in [0.15, 0.2) is 6.61 Å². The molecule has 0 bridgehead atoms. The Morgan fingerprint density at radius 1 is 1.23 bits per heavy atom. The van der Waals surface area contributed by atoms with Crippen molar-refractivity contribution in [1.29, 1.82) is 0 Å². The van der Waals surface area contributed by atoms with Gasteiger partial charge in [0, 0.05) is 17.4 Å². The molecule has 5 nitrogen and oxygen atoms in total. The monoisotopic (exact) mass is 391 g/mol. The number of carbonyl (C=O) groups is 2. The Kier molecular flexibility index (Phi) is 8.92. The molecule has 0 spiro atoms. The number of hydrogen-bond acceptors (Lipinski definition) is 3. The van der Waals surface area contributed by atoms with E-state index in [-0.39, 0.29) is 18.9 Å². The van der Waals surface area contributed by atoms with E-state index in [4.69, 9.17) is 21.4 Å². The van der Waals surface area contributed by atoms with Gasteiger partial charge < -0.3 is 15.2 Å². The molecule has 0 aromatic heterocycles. The molecule has 0 aliphatic rings. The van der Waals surface area contributed by atoms with Crippen LogP contribution in [-0.2, 0) is 9.59 Å². The van der Waals surface area contributed by atoms with Gasteiger partial charge in [-0.25, -0.2) is 0 Å². The lowest BCUT2D eigenvalue weighted by Crippen LogP contribution is -2.29. The molecule has 0 radical (unpaired) electrons. The van der Waals surface area contributed by atoms with Crippen molar-refractivity contribution < 1.29 is 19.4 Å². The van der Waals surface area contributed by atoms with Gasteiger partial charge in [-0.1, -0.05) is 40.4 Å². The number of benzene rings is 1. The number of nitrogens with one attached hydrogen (secondary N) is 1. The van der Waals surface area contributed by atoms with Gasteiger partial charge >= 0.3 is 5.97 Å². The lowest BCUT2D eigenvalue weighted by atomic mass is 10.1. The summed E-state index contributed by atoms with van der Waals surface area (Å²) in [7, 11) is 0. The van der Waals surface area contributed by atoms with Crippen molar-refractivity contribution in [2.45, 2.75) is 32.1 Å². The average Bonchev–Trinajstić information content (AvgIpc) is 2.45. The Bertz CT molecular complexity index is 510. The van der Waals surface area contributed by atoms with Crippen LogP contribution in [0.4, 0.5) is 0 Å². The van der Waals surface area contributed by atoms with E-state index in [0.29, 0.717) is 23.7 Å². The Morgan fingerprint density at radius 2 is 1.95 bits per heavy atom. The van der Waals surface area contributed by atoms with E-state index in [1.165, 1.54) is 0 Å². The zero-order valence-corrected chi connectivity index (χ0v) is 14.5. The quantitative estimate of drug-likeness (QED) is 0.596. The molecule has 1 amide bonds.